The maximum atomic E-state index is 11.9. The molecule has 0 aromatic heterocycles. The second kappa shape index (κ2) is 6.77. The van der Waals surface area contributed by atoms with Crippen LogP contribution in [0.25, 0.3) is 0 Å². The van der Waals surface area contributed by atoms with Crippen molar-refractivity contribution in [2.45, 2.75) is 38.8 Å². The molecular weight excluding hydrogens is 266 g/mol. The molecule has 0 spiro atoms. The quantitative estimate of drug-likeness (QED) is 0.791. The summed E-state index contributed by atoms with van der Waals surface area (Å²) < 4.78 is 5.39. The van der Waals surface area contributed by atoms with Crippen LogP contribution in [0.4, 0.5) is 4.79 Å². The summed E-state index contributed by atoms with van der Waals surface area (Å²) in [5.74, 6) is 0. The number of nitrogens with zero attached hydrogens (tertiary/aromatic N) is 2. The molecule has 0 saturated carbocycles. The number of hydrogen-bond acceptors (Lipinski definition) is 4. The number of amides is 1. The van der Waals surface area contributed by atoms with Crippen molar-refractivity contribution < 1.29 is 9.53 Å². The molecule has 0 aromatic carbocycles. The lowest BCUT2D eigenvalue weighted by molar-refractivity contribution is 0.0112. The highest BCUT2D eigenvalue weighted by Gasteiger charge is 2.29. The molecular formula is C13H26ClN3O2. The normalized spacial score (nSPS) is 25.0. The van der Waals surface area contributed by atoms with Gasteiger partial charge in [-0.15, -0.1) is 12.4 Å². The summed E-state index contributed by atoms with van der Waals surface area (Å²) >= 11 is 0. The Balaban J connectivity index is 0.00000180. The van der Waals surface area contributed by atoms with E-state index >= 15 is 0 Å². The molecule has 1 N–H and O–H groups in total. The first-order valence-corrected chi connectivity index (χ1v) is 6.88. The highest BCUT2D eigenvalue weighted by atomic mass is 35.5. The van der Waals surface area contributed by atoms with Gasteiger partial charge in [0.15, 0.2) is 0 Å². The van der Waals surface area contributed by atoms with E-state index in [0.29, 0.717) is 6.04 Å². The van der Waals surface area contributed by atoms with Gasteiger partial charge < -0.3 is 15.0 Å². The van der Waals surface area contributed by atoms with E-state index in [1.807, 2.05) is 25.7 Å². The maximum Gasteiger partial charge on any atom is 0.410 e. The number of carbonyl (C=O) groups excluding carboxylic acids is 1. The van der Waals surface area contributed by atoms with Gasteiger partial charge in [-0.2, -0.15) is 0 Å². The van der Waals surface area contributed by atoms with Crippen molar-refractivity contribution in [3.63, 3.8) is 0 Å². The van der Waals surface area contributed by atoms with Gasteiger partial charge in [0.05, 0.1) is 0 Å². The zero-order chi connectivity index (χ0) is 13.2. The van der Waals surface area contributed by atoms with Crippen molar-refractivity contribution in [1.29, 1.82) is 0 Å². The average molecular weight is 292 g/mol. The number of piperazine rings is 1. The van der Waals surface area contributed by atoms with Crippen LogP contribution in [0.1, 0.15) is 27.2 Å². The molecule has 2 aliphatic rings. The van der Waals surface area contributed by atoms with Gasteiger partial charge in [-0.05, 0) is 33.7 Å². The summed E-state index contributed by atoms with van der Waals surface area (Å²) in [6.07, 6.45) is 1.05. The van der Waals surface area contributed by atoms with Crippen LogP contribution in [0.3, 0.4) is 0 Å². The second-order valence-electron chi connectivity index (χ2n) is 6.15. The van der Waals surface area contributed by atoms with Gasteiger partial charge in [0.1, 0.15) is 5.60 Å². The third-order valence-corrected chi connectivity index (χ3v) is 3.52. The number of nitrogens with one attached hydrogen (secondary N) is 1. The first-order valence-electron chi connectivity index (χ1n) is 6.88. The smallest absolute Gasteiger partial charge is 0.410 e. The number of rotatable bonds is 1. The molecule has 2 aliphatic heterocycles. The third kappa shape index (κ3) is 4.82. The lowest BCUT2D eigenvalue weighted by Crippen LogP contribution is -2.53. The van der Waals surface area contributed by atoms with E-state index in [1.165, 1.54) is 6.42 Å². The van der Waals surface area contributed by atoms with E-state index in [1.54, 1.807) is 0 Å². The Morgan fingerprint density at radius 3 is 2.32 bits per heavy atom. The first-order chi connectivity index (χ1) is 8.46. The summed E-state index contributed by atoms with van der Waals surface area (Å²) in [5.41, 5.74) is -0.399. The fourth-order valence-corrected chi connectivity index (χ4v) is 2.55. The van der Waals surface area contributed by atoms with Crippen molar-refractivity contribution in [2.24, 2.45) is 0 Å². The fraction of sp³-hybridized carbons (Fsp3) is 0.923. The first kappa shape index (κ1) is 16.5. The number of halogens is 1. The highest BCUT2D eigenvalue weighted by molar-refractivity contribution is 5.85. The molecule has 2 saturated heterocycles. The molecule has 0 bridgehead atoms. The predicted molar refractivity (Wildman–Crippen MR) is 77.9 cm³/mol. The van der Waals surface area contributed by atoms with E-state index in [-0.39, 0.29) is 18.5 Å². The molecule has 5 nitrogen and oxygen atoms in total. The summed E-state index contributed by atoms with van der Waals surface area (Å²) in [6, 6.07) is 0.658. The third-order valence-electron chi connectivity index (χ3n) is 3.52. The fourth-order valence-electron chi connectivity index (χ4n) is 2.55. The Bertz CT molecular complexity index is 293. The van der Waals surface area contributed by atoms with Gasteiger partial charge in [0, 0.05) is 38.8 Å². The molecule has 2 heterocycles. The molecule has 19 heavy (non-hydrogen) atoms. The molecule has 1 amide bonds. The standard InChI is InChI=1S/C13H25N3O2.ClH/c1-13(2,3)18-12(17)16-8-6-15(7-9-16)11-4-5-14-10-11;/h11,14H,4-10H2,1-3H3;1H. The van der Waals surface area contributed by atoms with Crippen molar-refractivity contribution in [3.8, 4) is 0 Å². The van der Waals surface area contributed by atoms with Crippen LogP contribution < -0.4 is 5.32 Å². The highest BCUT2D eigenvalue weighted by Crippen LogP contribution is 2.15. The zero-order valence-electron chi connectivity index (χ0n) is 12.1. The molecule has 0 radical (unpaired) electrons. The minimum absolute atomic E-state index is 0. The van der Waals surface area contributed by atoms with Crippen molar-refractivity contribution in [2.75, 3.05) is 39.3 Å². The number of carbonyl (C=O) groups is 1. The van der Waals surface area contributed by atoms with Crippen LogP contribution in [-0.4, -0.2) is 66.8 Å². The van der Waals surface area contributed by atoms with Crippen molar-refractivity contribution in [1.82, 2.24) is 15.1 Å². The Kier molecular flexibility index (Phi) is 5.89. The molecule has 0 aliphatic carbocycles. The Morgan fingerprint density at radius 2 is 1.84 bits per heavy atom. The molecule has 112 valence electrons. The summed E-state index contributed by atoms with van der Waals surface area (Å²) in [4.78, 5) is 16.2. The lowest BCUT2D eigenvalue weighted by atomic mass is 10.2. The Morgan fingerprint density at radius 1 is 1.21 bits per heavy atom. The van der Waals surface area contributed by atoms with Gasteiger partial charge in [-0.3, -0.25) is 4.90 Å². The van der Waals surface area contributed by atoms with E-state index in [9.17, 15) is 4.79 Å². The van der Waals surface area contributed by atoms with Gasteiger partial charge in [-0.1, -0.05) is 0 Å². The van der Waals surface area contributed by atoms with Crippen LogP contribution in [0, 0.1) is 0 Å². The summed E-state index contributed by atoms with van der Waals surface area (Å²) in [7, 11) is 0. The van der Waals surface area contributed by atoms with E-state index < -0.39 is 5.60 Å². The topological polar surface area (TPSA) is 44.8 Å². The molecule has 2 fully saturated rings. The van der Waals surface area contributed by atoms with Crippen molar-refractivity contribution in [3.05, 3.63) is 0 Å². The molecule has 6 heteroatoms. The Labute approximate surface area is 122 Å². The Hall–Kier alpha value is -0.520. The molecule has 1 atom stereocenters. The van der Waals surface area contributed by atoms with Crippen LogP contribution >= 0.6 is 12.4 Å². The molecule has 2 rings (SSSR count). The average Bonchev–Trinajstić information content (AvgIpc) is 2.80. The van der Waals surface area contributed by atoms with Crippen LogP contribution in [-0.2, 0) is 4.74 Å². The van der Waals surface area contributed by atoms with Gasteiger partial charge >= 0.3 is 6.09 Å². The summed E-state index contributed by atoms with van der Waals surface area (Å²) in [6.45, 7) is 11.4. The minimum Gasteiger partial charge on any atom is -0.444 e. The van der Waals surface area contributed by atoms with Crippen LogP contribution in [0.15, 0.2) is 0 Å². The van der Waals surface area contributed by atoms with Crippen LogP contribution in [0.2, 0.25) is 0 Å². The lowest BCUT2D eigenvalue weighted by Gasteiger charge is -2.38. The SMILES string of the molecule is CC(C)(C)OC(=O)N1CCN(C2CCNC2)CC1.Cl. The van der Waals surface area contributed by atoms with E-state index in [0.717, 1.165) is 39.3 Å². The van der Waals surface area contributed by atoms with Crippen molar-refractivity contribution >= 4 is 18.5 Å². The van der Waals surface area contributed by atoms with Gasteiger partial charge in [0.2, 0.25) is 0 Å². The number of hydrogen-bond donors (Lipinski definition) is 1. The molecule has 1 unspecified atom stereocenters. The maximum absolute atomic E-state index is 11.9. The zero-order valence-corrected chi connectivity index (χ0v) is 13.0. The number of ether oxygens (including phenoxy) is 1. The van der Waals surface area contributed by atoms with E-state index in [2.05, 4.69) is 10.2 Å². The second-order valence-corrected chi connectivity index (χ2v) is 6.15. The van der Waals surface area contributed by atoms with Gasteiger partial charge in [0.25, 0.3) is 0 Å². The van der Waals surface area contributed by atoms with E-state index in [4.69, 9.17) is 4.74 Å². The monoisotopic (exact) mass is 291 g/mol. The predicted octanol–water partition coefficient (Wildman–Crippen LogP) is 1.32. The largest absolute Gasteiger partial charge is 0.444 e. The van der Waals surface area contributed by atoms with Gasteiger partial charge in [-0.25, -0.2) is 4.79 Å². The van der Waals surface area contributed by atoms with Crippen LogP contribution in [0.5, 0.6) is 0 Å². The minimum atomic E-state index is -0.399. The summed E-state index contributed by atoms with van der Waals surface area (Å²) in [5, 5.41) is 3.39. The molecule has 0 aromatic rings.